The Morgan fingerprint density at radius 2 is 1.89 bits per heavy atom. The highest BCUT2D eigenvalue weighted by Crippen LogP contribution is 2.20. The van der Waals surface area contributed by atoms with Crippen molar-refractivity contribution in [3.8, 4) is 5.75 Å². The highest BCUT2D eigenvalue weighted by molar-refractivity contribution is 5.34. The first-order valence-corrected chi connectivity index (χ1v) is 6.51. The van der Waals surface area contributed by atoms with Crippen LogP contribution in [0.1, 0.15) is 24.7 Å². The van der Waals surface area contributed by atoms with E-state index in [2.05, 4.69) is 23.0 Å². The lowest BCUT2D eigenvalue weighted by Crippen LogP contribution is -2.21. The van der Waals surface area contributed by atoms with E-state index in [0.717, 1.165) is 24.2 Å². The van der Waals surface area contributed by atoms with Gasteiger partial charge < -0.3 is 10.5 Å². The van der Waals surface area contributed by atoms with E-state index in [1.54, 1.807) is 18.5 Å². The monoisotopic (exact) mass is 257 g/mol. The summed E-state index contributed by atoms with van der Waals surface area (Å²) >= 11 is 0. The molecule has 0 saturated carbocycles. The number of para-hydroxylation sites is 1. The smallest absolute Gasteiger partial charge is 0.166 e. The summed E-state index contributed by atoms with van der Waals surface area (Å²) in [6.07, 6.45) is 5.20. The van der Waals surface area contributed by atoms with Gasteiger partial charge in [-0.1, -0.05) is 25.1 Å². The van der Waals surface area contributed by atoms with Crippen LogP contribution < -0.4 is 10.5 Å². The summed E-state index contributed by atoms with van der Waals surface area (Å²) in [5, 5.41) is 0. The van der Waals surface area contributed by atoms with Gasteiger partial charge in [-0.25, -0.2) is 9.97 Å². The topological polar surface area (TPSA) is 61.0 Å². The molecule has 0 aliphatic carbocycles. The molecule has 4 nitrogen and oxygen atoms in total. The van der Waals surface area contributed by atoms with Gasteiger partial charge in [0.15, 0.2) is 5.82 Å². The minimum Gasteiger partial charge on any atom is -0.485 e. The highest BCUT2D eigenvalue weighted by Gasteiger charge is 2.07. The number of benzene rings is 1. The van der Waals surface area contributed by atoms with E-state index in [9.17, 15) is 0 Å². The van der Waals surface area contributed by atoms with Gasteiger partial charge in [-0.2, -0.15) is 0 Å². The van der Waals surface area contributed by atoms with Gasteiger partial charge in [0.05, 0.1) is 0 Å². The molecular formula is C15H19N3O. The van der Waals surface area contributed by atoms with Crippen molar-refractivity contribution in [3.05, 3.63) is 54.1 Å². The predicted molar refractivity (Wildman–Crippen MR) is 74.8 cm³/mol. The third kappa shape index (κ3) is 4.03. The highest BCUT2D eigenvalue weighted by atomic mass is 16.5. The second kappa shape index (κ2) is 6.85. The van der Waals surface area contributed by atoms with Crippen LogP contribution in [0, 0.1) is 0 Å². The normalized spacial score (nSPS) is 12.1. The molecule has 1 unspecified atom stereocenters. The summed E-state index contributed by atoms with van der Waals surface area (Å²) in [7, 11) is 0. The fourth-order valence-electron chi connectivity index (χ4n) is 1.79. The van der Waals surface area contributed by atoms with E-state index >= 15 is 0 Å². The van der Waals surface area contributed by atoms with Crippen LogP contribution in [0.5, 0.6) is 5.75 Å². The van der Waals surface area contributed by atoms with Crippen LogP contribution in [0.4, 0.5) is 0 Å². The van der Waals surface area contributed by atoms with Crippen molar-refractivity contribution in [2.24, 2.45) is 5.73 Å². The molecule has 100 valence electrons. The first kappa shape index (κ1) is 13.5. The van der Waals surface area contributed by atoms with E-state index in [1.807, 2.05) is 18.2 Å². The van der Waals surface area contributed by atoms with Gasteiger partial charge >= 0.3 is 0 Å². The van der Waals surface area contributed by atoms with Crippen LogP contribution in [0.3, 0.4) is 0 Å². The largest absolute Gasteiger partial charge is 0.485 e. The minimum absolute atomic E-state index is 0.165. The number of nitrogens with zero attached hydrogens (tertiary/aromatic N) is 2. The molecule has 0 fully saturated rings. The average molecular weight is 257 g/mol. The van der Waals surface area contributed by atoms with Crippen LogP contribution in [-0.4, -0.2) is 16.0 Å². The van der Waals surface area contributed by atoms with Crippen molar-refractivity contribution in [1.82, 2.24) is 9.97 Å². The van der Waals surface area contributed by atoms with E-state index in [-0.39, 0.29) is 6.04 Å². The summed E-state index contributed by atoms with van der Waals surface area (Å²) in [6.45, 7) is 2.46. The number of hydrogen-bond acceptors (Lipinski definition) is 4. The predicted octanol–water partition coefficient (Wildman–Crippen LogP) is 2.34. The van der Waals surface area contributed by atoms with Crippen molar-refractivity contribution >= 4 is 0 Å². The fourth-order valence-corrected chi connectivity index (χ4v) is 1.79. The maximum Gasteiger partial charge on any atom is 0.166 e. The molecule has 2 N–H and O–H groups in total. The zero-order valence-corrected chi connectivity index (χ0v) is 11.1. The Bertz CT molecular complexity index is 502. The Morgan fingerprint density at radius 1 is 1.16 bits per heavy atom. The Morgan fingerprint density at radius 3 is 2.63 bits per heavy atom. The third-order valence-electron chi connectivity index (χ3n) is 2.96. The lowest BCUT2D eigenvalue weighted by Gasteiger charge is -2.13. The van der Waals surface area contributed by atoms with Gasteiger partial charge in [-0.3, -0.25) is 0 Å². The van der Waals surface area contributed by atoms with E-state index in [1.165, 1.54) is 0 Å². The SMILES string of the molecule is CCC(N)Cc1ccccc1OCc1ncccn1. The molecule has 0 saturated heterocycles. The van der Waals surface area contributed by atoms with Crippen LogP contribution >= 0.6 is 0 Å². The Balaban J connectivity index is 2.03. The standard InChI is InChI=1S/C15H19N3O/c1-2-13(16)10-12-6-3-4-7-14(12)19-11-15-17-8-5-9-18-15/h3-9,13H,2,10-11,16H2,1H3. The number of nitrogens with two attached hydrogens (primary N) is 1. The number of ether oxygens (including phenoxy) is 1. The molecule has 1 heterocycles. The molecule has 0 amide bonds. The van der Waals surface area contributed by atoms with Gasteiger partial charge in [0.1, 0.15) is 12.4 Å². The van der Waals surface area contributed by atoms with E-state index in [0.29, 0.717) is 12.4 Å². The minimum atomic E-state index is 0.165. The van der Waals surface area contributed by atoms with Crippen molar-refractivity contribution in [1.29, 1.82) is 0 Å². The molecule has 1 aromatic heterocycles. The first-order valence-electron chi connectivity index (χ1n) is 6.51. The van der Waals surface area contributed by atoms with E-state index < -0.39 is 0 Å². The fraction of sp³-hybridized carbons (Fsp3) is 0.333. The number of aromatic nitrogens is 2. The molecule has 0 aliphatic heterocycles. The van der Waals surface area contributed by atoms with Crippen molar-refractivity contribution in [2.45, 2.75) is 32.4 Å². The maximum absolute atomic E-state index is 6.00. The number of rotatable bonds is 6. The summed E-state index contributed by atoms with van der Waals surface area (Å²) in [6, 6.07) is 9.93. The zero-order valence-electron chi connectivity index (χ0n) is 11.1. The van der Waals surface area contributed by atoms with Gasteiger partial charge in [-0.05, 0) is 30.5 Å². The van der Waals surface area contributed by atoms with E-state index in [4.69, 9.17) is 10.5 Å². The molecule has 2 rings (SSSR count). The first-order chi connectivity index (χ1) is 9.29. The van der Waals surface area contributed by atoms with Gasteiger partial charge in [0.25, 0.3) is 0 Å². The Hall–Kier alpha value is -1.94. The maximum atomic E-state index is 6.00. The second-order valence-electron chi connectivity index (χ2n) is 4.43. The molecule has 0 aliphatic rings. The molecular weight excluding hydrogens is 238 g/mol. The Kier molecular flexibility index (Phi) is 4.86. The molecule has 0 radical (unpaired) electrons. The number of hydrogen-bond donors (Lipinski definition) is 1. The third-order valence-corrected chi connectivity index (χ3v) is 2.96. The van der Waals surface area contributed by atoms with Crippen LogP contribution in [0.15, 0.2) is 42.7 Å². The van der Waals surface area contributed by atoms with Gasteiger partial charge in [-0.15, -0.1) is 0 Å². The second-order valence-corrected chi connectivity index (χ2v) is 4.43. The summed E-state index contributed by atoms with van der Waals surface area (Å²) < 4.78 is 5.79. The molecule has 2 aromatic rings. The molecule has 1 atom stereocenters. The van der Waals surface area contributed by atoms with Gasteiger partial charge in [0.2, 0.25) is 0 Å². The molecule has 0 spiro atoms. The molecule has 19 heavy (non-hydrogen) atoms. The lowest BCUT2D eigenvalue weighted by molar-refractivity contribution is 0.292. The molecule has 1 aromatic carbocycles. The zero-order chi connectivity index (χ0) is 13.5. The summed E-state index contributed by atoms with van der Waals surface area (Å²) in [4.78, 5) is 8.28. The van der Waals surface area contributed by atoms with Crippen LogP contribution in [-0.2, 0) is 13.0 Å². The van der Waals surface area contributed by atoms with Gasteiger partial charge in [0, 0.05) is 18.4 Å². The molecule has 4 heteroatoms. The quantitative estimate of drug-likeness (QED) is 0.862. The average Bonchev–Trinajstić information content (AvgIpc) is 2.47. The molecule has 0 bridgehead atoms. The van der Waals surface area contributed by atoms with Crippen LogP contribution in [0.25, 0.3) is 0 Å². The summed E-state index contributed by atoms with van der Waals surface area (Å²) in [5.74, 6) is 1.54. The lowest BCUT2D eigenvalue weighted by atomic mass is 10.0. The van der Waals surface area contributed by atoms with Crippen molar-refractivity contribution in [2.75, 3.05) is 0 Å². The van der Waals surface area contributed by atoms with Crippen molar-refractivity contribution < 1.29 is 4.74 Å². The Labute approximate surface area is 113 Å². The summed E-state index contributed by atoms with van der Waals surface area (Å²) in [5.41, 5.74) is 7.13. The van der Waals surface area contributed by atoms with Crippen molar-refractivity contribution in [3.63, 3.8) is 0 Å². The van der Waals surface area contributed by atoms with Crippen LogP contribution in [0.2, 0.25) is 0 Å².